The van der Waals surface area contributed by atoms with E-state index >= 15 is 0 Å². The fourth-order valence-corrected chi connectivity index (χ4v) is 4.70. The van der Waals surface area contributed by atoms with Crippen molar-refractivity contribution in [3.05, 3.63) is 82.6 Å². The van der Waals surface area contributed by atoms with Gasteiger partial charge in [-0.25, -0.2) is 4.39 Å². The number of nitrogens with zero attached hydrogens (tertiary/aromatic N) is 3. The predicted octanol–water partition coefficient (Wildman–Crippen LogP) is 6.14. The lowest BCUT2D eigenvalue weighted by atomic mass is 10.1. The summed E-state index contributed by atoms with van der Waals surface area (Å²) in [6.45, 7) is 0. The van der Waals surface area contributed by atoms with Gasteiger partial charge in [-0.2, -0.15) is 4.98 Å². The van der Waals surface area contributed by atoms with E-state index in [1.807, 2.05) is 24.3 Å². The fraction of sp³-hybridized carbons (Fsp3) is 0.160. The molecule has 35 heavy (non-hydrogen) atoms. The van der Waals surface area contributed by atoms with E-state index in [0.717, 1.165) is 11.3 Å². The fourth-order valence-electron chi connectivity index (χ4n) is 3.68. The van der Waals surface area contributed by atoms with Gasteiger partial charge in [0.15, 0.2) is 23.4 Å². The maximum atomic E-state index is 14.0. The molecule has 1 N–H and O–H groups in total. The second-order valence-electron chi connectivity index (χ2n) is 7.54. The molecule has 7 nitrogen and oxygen atoms in total. The summed E-state index contributed by atoms with van der Waals surface area (Å²) in [6, 6.07) is 17.7. The van der Waals surface area contributed by atoms with Crippen molar-refractivity contribution in [1.29, 1.82) is 0 Å². The van der Waals surface area contributed by atoms with Gasteiger partial charge in [0.25, 0.3) is 0 Å². The summed E-state index contributed by atoms with van der Waals surface area (Å²) in [5.41, 5.74) is 3.24. The van der Waals surface area contributed by atoms with Crippen molar-refractivity contribution in [2.24, 2.45) is 0 Å². The molecule has 0 bridgehead atoms. The third-order valence-electron chi connectivity index (χ3n) is 5.43. The molecule has 0 amide bonds. The van der Waals surface area contributed by atoms with Crippen molar-refractivity contribution >= 4 is 29.1 Å². The summed E-state index contributed by atoms with van der Waals surface area (Å²) in [6.07, 6.45) is -0.703. The van der Waals surface area contributed by atoms with E-state index in [1.165, 1.54) is 17.8 Å². The zero-order chi connectivity index (χ0) is 24.4. The van der Waals surface area contributed by atoms with Gasteiger partial charge in [0.2, 0.25) is 11.0 Å². The predicted molar refractivity (Wildman–Crippen MR) is 133 cm³/mol. The van der Waals surface area contributed by atoms with E-state index in [9.17, 15) is 4.39 Å². The number of anilines is 1. The van der Waals surface area contributed by atoms with Crippen LogP contribution in [0.25, 0.3) is 11.3 Å². The lowest BCUT2D eigenvalue weighted by molar-refractivity contribution is 0.224. The maximum Gasteiger partial charge on any atom is 0.247 e. The van der Waals surface area contributed by atoms with Crippen molar-refractivity contribution in [3.63, 3.8) is 0 Å². The number of hydrogen-bond acceptors (Lipinski definition) is 8. The summed E-state index contributed by atoms with van der Waals surface area (Å²) in [7, 11) is 3.10. The van der Waals surface area contributed by atoms with E-state index in [1.54, 1.807) is 44.6 Å². The van der Waals surface area contributed by atoms with Crippen LogP contribution in [-0.2, 0) is 5.75 Å². The van der Waals surface area contributed by atoms with Crippen molar-refractivity contribution in [2.45, 2.75) is 17.1 Å². The minimum Gasteiger partial charge on any atom is -0.493 e. The first kappa shape index (κ1) is 23.2. The van der Waals surface area contributed by atoms with Gasteiger partial charge in [0.1, 0.15) is 5.82 Å². The number of hydrogen-bond donors (Lipinski definition) is 1. The molecule has 0 saturated carbocycles. The average Bonchev–Trinajstić information content (AvgIpc) is 3.04. The lowest BCUT2D eigenvalue weighted by Crippen LogP contribution is -2.18. The molecule has 1 aliphatic rings. The number of fused-ring (bicyclic) bond motifs is 3. The Morgan fingerprint density at radius 2 is 1.77 bits per heavy atom. The molecule has 0 saturated heterocycles. The molecule has 1 aliphatic heterocycles. The standard InChI is InChI=1S/C25H20ClFN4O3S/c1-32-20-11-16(17(26)12-21(20)33-2)23-28-19-10-6-4-8-15(19)22-24(34-23)29-25(31-30-22)35-13-14-7-3-5-9-18(14)27/h3-12,23,28H,13H2,1-2H3/t23-/m0/s1. The van der Waals surface area contributed by atoms with Gasteiger partial charge >= 0.3 is 0 Å². The molecule has 0 unspecified atom stereocenters. The van der Waals surface area contributed by atoms with Gasteiger partial charge in [0, 0.05) is 28.6 Å². The molecule has 1 aromatic heterocycles. The van der Waals surface area contributed by atoms with E-state index in [4.69, 9.17) is 25.8 Å². The van der Waals surface area contributed by atoms with E-state index < -0.39 is 6.23 Å². The van der Waals surface area contributed by atoms with Crippen LogP contribution < -0.4 is 19.5 Å². The summed E-state index contributed by atoms with van der Waals surface area (Å²) in [5.74, 6) is 1.38. The Balaban J connectivity index is 1.53. The Kier molecular flexibility index (Phi) is 6.61. The molecule has 0 radical (unpaired) electrons. The molecular weight excluding hydrogens is 491 g/mol. The van der Waals surface area contributed by atoms with Gasteiger partial charge in [-0.05, 0) is 23.8 Å². The summed E-state index contributed by atoms with van der Waals surface area (Å²) in [5, 5.41) is 12.8. The first-order chi connectivity index (χ1) is 17.1. The van der Waals surface area contributed by atoms with Crippen LogP contribution >= 0.6 is 23.4 Å². The minimum atomic E-state index is -0.703. The van der Waals surface area contributed by atoms with Gasteiger partial charge in [-0.15, -0.1) is 10.2 Å². The number of aromatic nitrogens is 3. The van der Waals surface area contributed by atoms with Crippen LogP contribution in [0.4, 0.5) is 10.1 Å². The number of rotatable bonds is 6. The highest BCUT2D eigenvalue weighted by molar-refractivity contribution is 7.98. The Morgan fingerprint density at radius 1 is 1.03 bits per heavy atom. The second-order valence-corrected chi connectivity index (χ2v) is 8.89. The van der Waals surface area contributed by atoms with Crippen LogP contribution in [0.1, 0.15) is 17.4 Å². The van der Waals surface area contributed by atoms with Crippen LogP contribution in [0.5, 0.6) is 17.4 Å². The van der Waals surface area contributed by atoms with E-state index in [2.05, 4.69) is 20.5 Å². The highest BCUT2D eigenvalue weighted by Gasteiger charge is 2.28. The molecule has 5 rings (SSSR count). The number of ether oxygens (including phenoxy) is 3. The number of methoxy groups -OCH3 is 2. The van der Waals surface area contributed by atoms with Gasteiger partial charge < -0.3 is 19.5 Å². The number of para-hydroxylation sites is 1. The highest BCUT2D eigenvalue weighted by atomic mass is 35.5. The zero-order valence-corrected chi connectivity index (χ0v) is 20.4. The minimum absolute atomic E-state index is 0.278. The van der Waals surface area contributed by atoms with Crippen LogP contribution in [0.2, 0.25) is 5.02 Å². The number of thioether (sulfide) groups is 1. The molecule has 4 aromatic rings. The molecule has 1 atom stereocenters. The van der Waals surface area contributed by atoms with Crippen molar-refractivity contribution in [1.82, 2.24) is 15.2 Å². The van der Waals surface area contributed by atoms with Gasteiger partial charge in [-0.3, -0.25) is 0 Å². The summed E-state index contributed by atoms with van der Waals surface area (Å²) >= 11 is 7.87. The largest absolute Gasteiger partial charge is 0.493 e. The third-order valence-corrected chi connectivity index (χ3v) is 6.65. The molecular formula is C25H20ClFN4O3S. The molecule has 3 aromatic carbocycles. The molecule has 0 spiro atoms. The summed E-state index contributed by atoms with van der Waals surface area (Å²) < 4.78 is 31.2. The van der Waals surface area contributed by atoms with Crippen LogP contribution in [0.3, 0.4) is 0 Å². The number of nitrogens with one attached hydrogen (secondary N) is 1. The summed E-state index contributed by atoms with van der Waals surface area (Å²) in [4.78, 5) is 4.60. The lowest BCUT2D eigenvalue weighted by Gasteiger charge is -2.21. The molecule has 0 fully saturated rings. The van der Waals surface area contributed by atoms with Crippen molar-refractivity contribution in [2.75, 3.05) is 19.5 Å². The maximum absolute atomic E-state index is 14.0. The van der Waals surface area contributed by atoms with Crippen LogP contribution in [0, 0.1) is 5.82 Å². The molecule has 10 heteroatoms. The van der Waals surface area contributed by atoms with E-state index in [0.29, 0.717) is 44.3 Å². The normalized spacial score (nSPS) is 14.1. The highest BCUT2D eigenvalue weighted by Crippen LogP contribution is 2.43. The molecule has 2 heterocycles. The van der Waals surface area contributed by atoms with Gasteiger partial charge in [0.05, 0.1) is 19.2 Å². The second kappa shape index (κ2) is 9.97. The number of benzene rings is 3. The van der Waals surface area contributed by atoms with Crippen molar-refractivity contribution < 1.29 is 18.6 Å². The zero-order valence-electron chi connectivity index (χ0n) is 18.8. The Bertz CT molecular complexity index is 1390. The topological polar surface area (TPSA) is 78.4 Å². The number of halogens is 2. The SMILES string of the molecule is COc1cc(Cl)c([C@H]2Nc3ccccc3-c3nnc(SCc4ccccc4F)nc3O2)cc1OC. The van der Waals surface area contributed by atoms with Gasteiger partial charge in [-0.1, -0.05) is 59.8 Å². The quantitative estimate of drug-likeness (QED) is 0.310. The third kappa shape index (κ3) is 4.69. The average molecular weight is 511 g/mol. The Hall–Kier alpha value is -3.56. The van der Waals surface area contributed by atoms with Crippen LogP contribution in [0.15, 0.2) is 65.8 Å². The Morgan fingerprint density at radius 3 is 2.57 bits per heavy atom. The Labute approximate surface area is 210 Å². The van der Waals surface area contributed by atoms with Crippen LogP contribution in [-0.4, -0.2) is 29.4 Å². The smallest absolute Gasteiger partial charge is 0.247 e. The van der Waals surface area contributed by atoms with E-state index in [-0.39, 0.29) is 11.7 Å². The first-order valence-electron chi connectivity index (χ1n) is 10.6. The first-order valence-corrected chi connectivity index (χ1v) is 12.0. The molecule has 0 aliphatic carbocycles. The van der Waals surface area contributed by atoms with Crippen molar-refractivity contribution in [3.8, 4) is 28.6 Å². The molecule has 178 valence electrons. The monoisotopic (exact) mass is 510 g/mol.